The molecule has 1 aromatic carbocycles. The molecule has 3 N–H and O–H groups in total. The standard InChI is InChI=1S/C15H22F2N2O2/c1-10(6-5-7-11(2)18)14(20)19-12-8-3-4-9-13(12)21-15(16)17/h3-4,8-11,15H,5-7,18H2,1-2H3,(H,19,20). The van der Waals surface area contributed by atoms with Crippen molar-refractivity contribution in [3.05, 3.63) is 24.3 Å². The van der Waals surface area contributed by atoms with Crippen molar-refractivity contribution in [2.75, 3.05) is 5.32 Å². The van der Waals surface area contributed by atoms with E-state index in [0.29, 0.717) is 6.42 Å². The number of nitrogens with one attached hydrogen (secondary N) is 1. The Kier molecular flexibility index (Phi) is 7.08. The van der Waals surface area contributed by atoms with Crippen LogP contribution in [0.4, 0.5) is 14.5 Å². The predicted molar refractivity (Wildman–Crippen MR) is 78.4 cm³/mol. The van der Waals surface area contributed by atoms with Gasteiger partial charge in [-0.05, 0) is 31.9 Å². The monoisotopic (exact) mass is 300 g/mol. The Hall–Kier alpha value is -1.69. The second-order valence-electron chi connectivity index (χ2n) is 5.17. The lowest BCUT2D eigenvalue weighted by Gasteiger charge is -2.15. The summed E-state index contributed by atoms with van der Waals surface area (Å²) in [7, 11) is 0. The van der Waals surface area contributed by atoms with Gasteiger partial charge in [0.2, 0.25) is 5.91 Å². The van der Waals surface area contributed by atoms with Gasteiger partial charge < -0.3 is 15.8 Å². The van der Waals surface area contributed by atoms with Crippen LogP contribution < -0.4 is 15.8 Å². The molecule has 0 heterocycles. The van der Waals surface area contributed by atoms with Crippen molar-refractivity contribution in [1.82, 2.24) is 0 Å². The minimum Gasteiger partial charge on any atom is -0.433 e. The molecule has 0 aromatic heterocycles. The van der Waals surface area contributed by atoms with Gasteiger partial charge in [0.05, 0.1) is 5.69 Å². The first-order chi connectivity index (χ1) is 9.90. The number of amides is 1. The van der Waals surface area contributed by atoms with Crippen molar-refractivity contribution in [3.63, 3.8) is 0 Å². The van der Waals surface area contributed by atoms with Crippen molar-refractivity contribution < 1.29 is 18.3 Å². The van der Waals surface area contributed by atoms with Gasteiger partial charge in [-0.1, -0.05) is 25.5 Å². The molecule has 0 saturated carbocycles. The summed E-state index contributed by atoms with van der Waals surface area (Å²) in [5.74, 6) is -0.475. The number of hydrogen-bond donors (Lipinski definition) is 2. The van der Waals surface area contributed by atoms with Crippen LogP contribution in [0.2, 0.25) is 0 Å². The smallest absolute Gasteiger partial charge is 0.387 e. The Morgan fingerprint density at radius 3 is 2.57 bits per heavy atom. The highest BCUT2D eigenvalue weighted by Gasteiger charge is 2.16. The lowest BCUT2D eigenvalue weighted by atomic mass is 10.0. The molecule has 2 atom stereocenters. The second kappa shape index (κ2) is 8.56. The Balaban J connectivity index is 2.57. The number of alkyl halides is 2. The Labute approximate surface area is 123 Å². The fraction of sp³-hybridized carbons (Fsp3) is 0.533. The summed E-state index contributed by atoms with van der Waals surface area (Å²) in [4.78, 5) is 12.0. The molecular weight excluding hydrogens is 278 g/mol. The van der Waals surface area contributed by atoms with Crippen molar-refractivity contribution in [3.8, 4) is 5.75 Å². The molecule has 1 aromatic rings. The highest BCUT2D eigenvalue weighted by Crippen LogP contribution is 2.26. The maximum Gasteiger partial charge on any atom is 0.387 e. The Morgan fingerprint density at radius 2 is 1.95 bits per heavy atom. The molecule has 0 aliphatic rings. The number of carbonyl (C=O) groups excluding carboxylic acids is 1. The number of anilines is 1. The van der Waals surface area contributed by atoms with Gasteiger partial charge in [0.1, 0.15) is 5.75 Å². The van der Waals surface area contributed by atoms with Gasteiger partial charge >= 0.3 is 6.61 Å². The van der Waals surface area contributed by atoms with Crippen LogP contribution in [-0.4, -0.2) is 18.6 Å². The van der Waals surface area contributed by atoms with Gasteiger partial charge in [-0.25, -0.2) is 0 Å². The van der Waals surface area contributed by atoms with E-state index in [9.17, 15) is 13.6 Å². The predicted octanol–water partition coefficient (Wildman–Crippen LogP) is 3.38. The number of para-hydroxylation sites is 2. The van der Waals surface area contributed by atoms with E-state index >= 15 is 0 Å². The molecule has 4 nitrogen and oxygen atoms in total. The zero-order chi connectivity index (χ0) is 15.8. The van der Waals surface area contributed by atoms with Crippen molar-refractivity contribution in [1.29, 1.82) is 0 Å². The Bertz CT molecular complexity index is 453. The summed E-state index contributed by atoms with van der Waals surface area (Å²) >= 11 is 0. The van der Waals surface area contributed by atoms with Crippen LogP contribution in [0.25, 0.3) is 0 Å². The molecule has 0 spiro atoms. The van der Waals surface area contributed by atoms with Crippen molar-refractivity contribution >= 4 is 11.6 Å². The van der Waals surface area contributed by atoms with E-state index < -0.39 is 6.61 Å². The van der Waals surface area contributed by atoms with Gasteiger partial charge in [-0.3, -0.25) is 4.79 Å². The molecule has 0 radical (unpaired) electrons. The number of ether oxygens (including phenoxy) is 1. The zero-order valence-electron chi connectivity index (χ0n) is 12.3. The van der Waals surface area contributed by atoms with Crippen LogP contribution in [0.1, 0.15) is 33.1 Å². The topological polar surface area (TPSA) is 64.4 Å². The third-order valence-corrected chi connectivity index (χ3v) is 3.11. The van der Waals surface area contributed by atoms with Crippen LogP contribution in [0.15, 0.2) is 24.3 Å². The average molecular weight is 300 g/mol. The summed E-state index contributed by atoms with van der Waals surface area (Å²) in [6.07, 6.45) is 2.40. The summed E-state index contributed by atoms with van der Waals surface area (Å²) < 4.78 is 29.0. The molecule has 0 aliphatic heterocycles. The molecule has 2 unspecified atom stereocenters. The molecule has 0 bridgehead atoms. The SMILES string of the molecule is CC(N)CCCC(C)C(=O)Nc1ccccc1OC(F)F. The fourth-order valence-electron chi connectivity index (χ4n) is 1.90. The second-order valence-corrected chi connectivity index (χ2v) is 5.17. The maximum atomic E-state index is 12.3. The van der Waals surface area contributed by atoms with Crippen LogP contribution in [0.3, 0.4) is 0 Å². The van der Waals surface area contributed by atoms with Crippen LogP contribution >= 0.6 is 0 Å². The Morgan fingerprint density at radius 1 is 1.29 bits per heavy atom. The molecule has 0 aliphatic carbocycles. The lowest BCUT2D eigenvalue weighted by Crippen LogP contribution is -2.22. The highest BCUT2D eigenvalue weighted by molar-refractivity contribution is 5.93. The number of nitrogens with two attached hydrogens (primary N) is 1. The molecule has 118 valence electrons. The number of rotatable bonds is 8. The van der Waals surface area contributed by atoms with Gasteiger partial charge in [0.25, 0.3) is 0 Å². The number of carbonyl (C=O) groups is 1. The third-order valence-electron chi connectivity index (χ3n) is 3.11. The highest BCUT2D eigenvalue weighted by atomic mass is 19.3. The van der Waals surface area contributed by atoms with Gasteiger partial charge in [0, 0.05) is 12.0 Å². The van der Waals surface area contributed by atoms with E-state index in [4.69, 9.17) is 5.73 Å². The molecule has 21 heavy (non-hydrogen) atoms. The summed E-state index contributed by atoms with van der Waals surface area (Å²) in [6, 6.07) is 6.25. The number of halogens is 2. The van der Waals surface area contributed by atoms with E-state index in [1.54, 1.807) is 19.1 Å². The summed E-state index contributed by atoms with van der Waals surface area (Å²) in [5, 5.41) is 2.63. The average Bonchev–Trinajstić information content (AvgIpc) is 2.39. The first-order valence-corrected chi connectivity index (χ1v) is 7.00. The van der Waals surface area contributed by atoms with Gasteiger partial charge in [-0.15, -0.1) is 0 Å². The normalized spacial score (nSPS) is 13.8. The minimum atomic E-state index is -2.92. The van der Waals surface area contributed by atoms with E-state index in [-0.39, 0.29) is 29.3 Å². The molecule has 1 amide bonds. The quantitative estimate of drug-likeness (QED) is 0.773. The molecule has 0 saturated heterocycles. The molecule has 1 rings (SSSR count). The van der Waals surface area contributed by atoms with Crippen molar-refractivity contribution in [2.45, 2.75) is 45.8 Å². The number of benzene rings is 1. The first kappa shape index (κ1) is 17.4. The fourth-order valence-corrected chi connectivity index (χ4v) is 1.90. The van der Waals surface area contributed by atoms with E-state index in [1.807, 2.05) is 6.92 Å². The molecule has 0 fully saturated rings. The van der Waals surface area contributed by atoms with E-state index in [2.05, 4.69) is 10.1 Å². The van der Waals surface area contributed by atoms with Crippen LogP contribution in [-0.2, 0) is 4.79 Å². The minimum absolute atomic E-state index is 0.0383. The van der Waals surface area contributed by atoms with Crippen molar-refractivity contribution in [2.24, 2.45) is 11.7 Å². The lowest BCUT2D eigenvalue weighted by molar-refractivity contribution is -0.119. The number of hydrogen-bond acceptors (Lipinski definition) is 3. The summed E-state index contributed by atoms with van der Waals surface area (Å²) in [5.41, 5.74) is 5.91. The summed E-state index contributed by atoms with van der Waals surface area (Å²) in [6.45, 7) is 0.793. The zero-order valence-corrected chi connectivity index (χ0v) is 12.3. The molecule has 6 heteroatoms. The maximum absolute atomic E-state index is 12.3. The van der Waals surface area contributed by atoms with Gasteiger partial charge in [-0.2, -0.15) is 8.78 Å². The van der Waals surface area contributed by atoms with E-state index in [1.165, 1.54) is 12.1 Å². The molecular formula is C15H22F2N2O2. The van der Waals surface area contributed by atoms with Crippen LogP contribution in [0, 0.1) is 5.92 Å². The largest absolute Gasteiger partial charge is 0.433 e. The first-order valence-electron chi connectivity index (χ1n) is 7.00. The van der Waals surface area contributed by atoms with Crippen LogP contribution in [0.5, 0.6) is 5.75 Å². The third kappa shape index (κ3) is 6.53. The van der Waals surface area contributed by atoms with Gasteiger partial charge in [0.15, 0.2) is 0 Å². The van der Waals surface area contributed by atoms with E-state index in [0.717, 1.165) is 12.8 Å².